The van der Waals surface area contributed by atoms with Crippen molar-refractivity contribution in [1.82, 2.24) is 4.57 Å². The van der Waals surface area contributed by atoms with Gasteiger partial charge in [-0.15, -0.1) is 0 Å². The van der Waals surface area contributed by atoms with Gasteiger partial charge in [0.2, 0.25) is 5.78 Å². The fourth-order valence-electron chi connectivity index (χ4n) is 2.07. The molecule has 0 unspecified atom stereocenters. The predicted molar refractivity (Wildman–Crippen MR) is 91.6 cm³/mol. The minimum atomic E-state index is -0.521. The molecule has 0 saturated carbocycles. The Bertz CT molecular complexity index is 732. The van der Waals surface area contributed by atoms with Crippen molar-refractivity contribution in [2.75, 3.05) is 6.61 Å². The largest absolute Gasteiger partial charge is 0.454 e. The van der Waals surface area contributed by atoms with Crippen molar-refractivity contribution < 1.29 is 14.3 Å². The Labute approximate surface area is 140 Å². The SMILES string of the molecule is Cc1cc(C(=O)COC(=O)/C=C/Sc2ccccc2)c(C)n1C. The van der Waals surface area contributed by atoms with Gasteiger partial charge >= 0.3 is 5.97 Å². The average Bonchev–Trinajstić information content (AvgIpc) is 2.81. The van der Waals surface area contributed by atoms with Gasteiger partial charge in [-0.1, -0.05) is 30.0 Å². The number of carbonyl (C=O) groups excluding carboxylic acids is 2. The molecule has 1 aromatic carbocycles. The Balaban J connectivity index is 1.84. The summed E-state index contributed by atoms with van der Waals surface area (Å²) in [4.78, 5) is 24.8. The maximum atomic E-state index is 12.1. The molecule has 0 atom stereocenters. The summed E-state index contributed by atoms with van der Waals surface area (Å²) in [5.41, 5.74) is 2.47. The molecule has 0 aliphatic carbocycles. The van der Waals surface area contributed by atoms with Crippen LogP contribution in [0.15, 0.2) is 52.8 Å². The molecular weight excluding hydrogens is 310 g/mol. The van der Waals surface area contributed by atoms with E-state index in [0.29, 0.717) is 5.56 Å². The standard InChI is InChI=1S/C18H19NO3S/c1-13-11-16(14(2)19(13)3)17(20)12-22-18(21)9-10-23-15-7-5-4-6-8-15/h4-11H,12H2,1-3H3/b10-9+. The average molecular weight is 329 g/mol. The lowest BCUT2D eigenvalue weighted by molar-refractivity contribution is -0.136. The van der Waals surface area contributed by atoms with E-state index >= 15 is 0 Å². The van der Waals surface area contributed by atoms with Crippen LogP contribution in [0.1, 0.15) is 21.7 Å². The van der Waals surface area contributed by atoms with Gasteiger partial charge in [0.25, 0.3) is 0 Å². The first-order valence-electron chi connectivity index (χ1n) is 7.20. The number of esters is 1. The number of hydrogen-bond acceptors (Lipinski definition) is 4. The van der Waals surface area contributed by atoms with Crippen molar-refractivity contribution in [2.24, 2.45) is 7.05 Å². The van der Waals surface area contributed by atoms with E-state index in [0.717, 1.165) is 16.3 Å². The quantitative estimate of drug-likeness (QED) is 0.351. The molecule has 5 heteroatoms. The number of aryl methyl sites for hydroxylation is 1. The third-order valence-corrected chi connectivity index (χ3v) is 4.39. The molecule has 4 nitrogen and oxygen atoms in total. The molecule has 0 saturated heterocycles. The second kappa shape index (κ2) is 7.83. The summed E-state index contributed by atoms with van der Waals surface area (Å²) in [6.07, 6.45) is 1.33. The van der Waals surface area contributed by atoms with E-state index in [1.54, 1.807) is 5.41 Å². The summed E-state index contributed by atoms with van der Waals surface area (Å²) >= 11 is 1.42. The Kier molecular flexibility index (Phi) is 5.82. The first-order valence-corrected chi connectivity index (χ1v) is 8.08. The number of hydrogen-bond donors (Lipinski definition) is 0. The van der Waals surface area contributed by atoms with Gasteiger partial charge in [0.1, 0.15) is 0 Å². The third kappa shape index (κ3) is 4.60. The van der Waals surface area contributed by atoms with Crippen LogP contribution in [0.4, 0.5) is 0 Å². The van der Waals surface area contributed by atoms with Gasteiger partial charge in [0.15, 0.2) is 6.61 Å². The van der Waals surface area contributed by atoms with E-state index < -0.39 is 5.97 Å². The van der Waals surface area contributed by atoms with Gasteiger partial charge in [0, 0.05) is 35.0 Å². The first-order chi connectivity index (χ1) is 11.0. The van der Waals surface area contributed by atoms with Crippen molar-refractivity contribution in [3.63, 3.8) is 0 Å². The second-order valence-electron chi connectivity index (χ2n) is 5.11. The molecule has 0 aliphatic rings. The van der Waals surface area contributed by atoms with Crippen molar-refractivity contribution >= 4 is 23.5 Å². The summed E-state index contributed by atoms with van der Waals surface area (Å²) in [6, 6.07) is 11.5. The maximum Gasteiger partial charge on any atom is 0.331 e. The number of rotatable bonds is 6. The molecule has 2 aromatic rings. The molecule has 1 heterocycles. The summed E-state index contributed by atoms with van der Waals surface area (Å²) in [7, 11) is 1.90. The number of Topliss-reactive ketones (excluding diaryl/α,β-unsaturated/α-hetero) is 1. The first kappa shape index (κ1) is 17.1. The zero-order valence-electron chi connectivity index (χ0n) is 13.4. The van der Waals surface area contributed by atoms with E-state index in [1.165, 1.54) is 17.8 Å². The van der Waals surface area contributed by atoms with Crippen LogP contribution < -0.4 is 0 Å². The summed E-state index contributed by atoms with van der Waals surface area (Å²) < 4.78 is 6.94. The van der Waals surface area contributed by atoms with Crippen LogP contribution in [0, 0.1) is 13.8 Å². The molecule has 0 bridgehead atoms. The van der Waals surface area contributed by atoms with Crippen LogP contribution in [0.25, 0.3) is 0 Å². The number of benzene rings is 1. The second-order valence-corrected chi connectivity index (χ2v) is 6.09. The van der Waals surface area contributed by atoms with Crippen LogP contribution >= 0.6 is 11.8 Å². The molecule has 120 valence electrons. The number of thioether (sulfide) groups is 1. The molecule has 0 N–H and O–H groups in total. The Hall–Kier alpha value is -2.27. The van der Waals surface area contributed by atoms with Gasteiger partial charge < -0.3 is 9.30 Å². The minimum Gasteiger partial charge on any atom is -0.454 e. The van der Waals surface area contributed by atoms with E-state index in [4.69, 9.17) is 4.74 Å². The molecule has 1 aromatic heterocycles. The minimum absolute atomic E-state index is 0.191. The third-order valence-electron chi connectivity index (χ3n) is 3.57. The molecular formula is C18H19NO3S. The number of ether oxygens (including phenoxy) is 1. The Morgan fingerprint density at radius 3 is 2.52 bits per heavy atom. The van der Waals surface area contributed by atoms with Gasteiger partial charge in [-0.3, -0.25) is 4.79 Å². The van der Waals surface area contributed by atoms with Crippen molar-refractivity contribution in [2.45, 2.75) is 18.7 Å². The van der Waals surface area contributed by atoms with E-state index in [9.17, 15) is 9.59 Å². The zero-order valence-corrected chi connectivity index (χ0v) is 14.2. The number of aromatic nitrogens is 1. The van der Waals surface area contributed by atoms with E-state index in [2.05, 4.69) is 0 Å². The summed E-state index contributed by atoms with van der Waals surface area (Å²) in [6.45, 7) is 3.56. The van der Waals surface area contributed by atoms with Crippen molar-refractivity contribution in [3.05, 3.63) is 64.8 Å². The topological polar surface area (TPSA) is 48.3 Å². The Morgan fingerprint density at radius 1 is 1.22 bits per heavy atom. The lowest BCUT2D eigenvalue weighted by Gasteiger charge is -2.03. The van der Waals surface area contributed by atoms with Gasteiger partial charge in [-0.05, 0) is 37.5 Å². The highest BCUT2D eigenvalue weighted by Gasteiger charge is 2.15. The fraction of sp³-hybridized carbons (Fsp3) is 0.222. The van der Waals surface area contributed by atoms with E-state index in [-0.39, 0.29) is 12.4 Å². The Morgan fingerprint density at radius 2 is 1.91 bits per heavy atom. The smallest absolute Gasteiger partial charge is 0.331 e. The fourth-order valence-corrected chi connectivity index (χ4v) is 2.72. The number of carbonyl (C=O) groups is 2. The summed E-state index contributed by atoms with van der Waals surface area (Å²) in [5.74, 6) is -0.712. The lowest BCUT2D eigenvalue weighted by Crippen LogP contribution is -2.13. The van der Waals surface area contributed by atoms with Gasteiger partial charge in [0.05, 0.1) is 0 Å². The normalized spacial score (nSPS) is 10.9. The zero-order chi connectivity index (χ0) is 16.8. The summed E-state index contributed by atoms with van der Waals surface area (Å²) in [5, 5.41) is 1.65. The van der Waals surface area contributed by atoms with Gasteiger partial charge in [-0.2, -0.15) is 0 Å². The monoisotopic (exact) mass is 329 g/mol. The van der Waals surface area contributed by atoms with Crippen LogP contribution in [0.5, 0.6) is 0 Å². The van der Waals surface area contributed by atoms with Crippen LogP contribution in [-0.4, -0.2) is 22.9 Å². The maximum absolute atomic E-state index is 12.1. The molecule has 0 aliphatic heterocycles. The molecule has 0 amide bonds. The van der Waals surface area contributed by atoms with Gasteiger partial charge in [-0.25, -0.2) is 4.79 Å². The lowest BCUT2D eigenvalue weighted by atomic mass is 10.1. The molecule has 0 spiro atoms. The van der Waals surface area contributed by atoms with E-state index in [1.807, 2.05) is 61.9 Å². The van der Waals surface area contributed by atoms with Crippen molar-refractivity contribution in [3.8, 4) is 0 Å². The van der Waals surface area contributed by atoms with Crippen LogP contribution in [0.3, 0.4) is 0 Å². The van der Waals surface area contributed by atoms with Crippen molar-refractivity contribution in [1.29, 1.82) is 0 Å². The molecule has 2 rings (SSSR count). The number of nitrogens with zero attached hydrogens (tertiary/aromatic N) is 1. The molecule has 23 heavy (non-hydrogen) atoms. The highest BCUT2D eigenvalue weighted by atomic mass is 32.2. The molecule has 0 fully saturated rings. The highest BCUT2D eigenvalue weighted by Crippen LogP contribution is 2.18. The van der Waals surface area contributed by atoms with Crippen LogP contribution in [-0.2, 0) is 16.6 Å². The molecule has 0 radical (unpaired) electrons. The highest BCUT2D eigenvalue weighted by molar-refractivity contribution is 8.02. The number of ketones is 1. The predicted octanol–water partition coefficient (Wildman–Crippen LogP) is 3.67. The van der Waals surface area contributed by atoms with Crippen LogP contribution in [0.2, 0.25) is 0 Å².